The summed E-state index contributed by atoms with van der Waals surface area (Å²) in [4.78, 5) is 12.9. The number of carbonyl (C=O) groups excluding carboxylic acids is 1. The minimum absolute atomic E-state index is 0.129. The Morgan fingerprint density at radius 3 is 2.43 bits per heavy atom. The molecule has 0 aliphatic rings. The highest BCUT2D eigenvalue weighted by Gasteiger charge is 2.18. The molecule has 84 valence electrons. The summed E-state index contributed by atoms with van der Waals surface area (Å²) in [5.41, 5.74) is 0. The molecule has 0 aromatic carbocycles. The Labute approximate surface area is 86.2 Å². The van der Waals surface area contributed by atoms with Crippen molar-refractivity contribution < 1.29 is 14.3 Å². The standard InChI is InChI=1S/C10H21NO3/c1-6-14-10(12)11(4)8(2)7-9(3)13-5/h8-9H,6-7H2,1-5H3. The van der Waals surface area contributed by atoms with Crippen LogP contribution in [0.25, 0.3) is 0 Å². The third-order valence-corrected chi connectivity index (χ3v) is 2.29. The number of nitrogens with zero attached hydrogens (tertiary/aromatic N) is 1. The van der Waals surface area contributed by atoms with E-state index in [0.717, 1.165) is 6.42 Å². The van der Waals surface area contributed by atoms with Gasteiger partial charge in [0, 0.05) is 20.2 Å². The van der Waals surface area contributed by atoms with Gasteiger partial charge in [-0.05, 0) is 27.2 Å². The fraction of sp³-hybridized carbons (Fsp3) is 0.900. The Hall–Kier alpha value is -0.770. The maximum Gasteiger partial charge on any atom is 0.409 e. The highest BCUT2D eigenvalue weighted by atomic mass is 16.6. The molecule has 0 radical (unpaired) electrons. The van der Waals surface area contributed by atoms with Crippen LogP contribution in [0.4, 0.5) is 4.79 Å². The smallest absolute Gasteiger partial charge is 0.409 e. The Bertz CT molecular complexity index is 173. The summed E-state index contributed by atoms with van der Waals surface area (Å²) in [6.07, 6.45) is 0.691. The summed E-state index contributed by atoms with van der Waals surface area (Å²) >= 11 is 0. The van der Waals surface area contributed by atoms with Gasteiger partial charge in [-0.2, -0.15) is 0 Å². The van der Waals surface area contributed by atoms with Gasteiger partial charge in [0.15, 0.2) is 0 Å². The van der Waals surface area contributed by atoms with Gasteiger partial charge in [0.2, 0.25) is 0 Å². The third-order valence-electron chi connectivity index (χ3n) is 2.29. The Morgan fingerprint density at radius 2 is 2.00 bits per heavy atom. The van der Waals surface area contributed by atoms with Crippen LogP contribution in [0.15, 0.2) is 0 Å². The molecule has 0 aromatic heterocycles. The molecule has 0 aromatic rings. The molecule has 0 aliphatic heterocycles. The first kappa shape index (κ1) is 13.2. The largest absolute Gasteiger partial charge is 0.450 e. The predicted molar refractivity (Wildman–Crippen MR) is 55.3 cm³/mol. The number of carbonyl (C=O) groups is 1. The van der Waals surface area contributed by atoms with Crippen molar-refractivity contribution in [2.24, 2.45) is 0 Å². The maximum absolute atomic E-state index is 11.3. The fourth-order valence-electron chi connectivity index (χ4n) is 1.14. The summed E-state index contributed by atoms with van der Waals surface area (Å²) in [5.74, 6) is 0. The van der Waals surface area contributed by atoms with Gasteiger partial charge in [-0.1, -0.05) is 0 Å². The Morgan fingerprint density at radius 1 is 1.43 bits per heavy atom. The number of methoxy groups -OCH3 is 1. The summed E-state index contributed by atoms with van der Waals surface area (Å²) in [6, 6.07) is 0.129. The molecule has 0 saturated heterocycles. The molecule has 14 heavy (non-hydrogen) atoms. The van der Waals surface area contributed by atoms with E-state index in [0.29, 0.717) is 6.61 Å². The molecular formula is C10H21NO3. The monoisotopic (exact) mass is 203 g/mol. The zero-order valence-corrected chi connectivity index (χ0v) is 9.74. The molecule has 0 saturated carbocycles. The quantitative estimate of drug-likeness (QED) is 0.685. The van der Waals surface area contributed by atoms with Crippen LogP contribution in [-0.4, -0.2) is 43.9 Å². The van der Waals surface area contributed by atoms with Crippen molar-refractivity contribution >= 4 is 6.09 Å². The van der Waals surface area contributed by atoms with Crippen LogP contribution in [0, 0.1) is 0 Å². The molecule has 0 N–H and O–H groups in total. The van der Waals surface area contributed by atoms with Gasteiger partial charge < -0.3 is 14.4 Å². The molecule has 1 amide bonds. The lowest BCUT2D eigenvalue weighted by molar-refractivity contribution is 0.0693. The van der Waals surface area contributed by atoms with Crippen LogP contribution in [-0.2, 0) is 9.47 Å². The van der Waals surface area contributed by atoms with Gasteiger partial charge in [-0.25, -0.2) is 4.79 Å². The van der Waals surface area contributed by atoms with E-state index in [1.54, 1.807) is 26.0 Å². The van der Waals surface area contributed by atoms with Crippen LogP contribution >= 0.6 is 0 Å². The molecule has 0 spiro atoms. The first-order valence-corrected chi connectivity index (χ1v) is 4.95. The normalized spacial score (nSPS) is 14.6. The number of ether oxygens (including phenoxy) is 2. The molecule has 4 nitrogen and oxygen atoms in total. The highest BCUT2D eigenvalue weighted by Crippen LogP contribution is 2.08. The second kappa shape index (κ2) is 6.65. The minimum Gasteiger partial charge on any atom is -0.450 e. The van der Waals surface area contributed by atoms with Crippen LogP contribution < -0.4 is 0 Å². The molecule has 0 heterocycles. The topological polar surface area (TPSA) is 38.8 Å². The summed E-state index contributed by atoms with van der Waals surface area (Å²) in [6.45, 7) is 6.17. The van der Waals surface area contributed by atoms with Crippen molar-refractivity contribution in [1.82, 2.24) is 4.90 Å². The van der Waals surface area contributed by atoms with Crippen molar-refractivity contribution in [1.29, 1.82) is 0 Å². The van der Waals surface area contributed by atoms with Crippen LogP contribution in [0.3, 0.4) is 0 Å². The summed E-state index contributed by atoms with van der Waals surface area (Å²) < 4.78 is 10.0. The van der Waals surface area contributed by atoms with E-state index in [-0.39, 0.29) is 18.2 Å². The molecule has 0 aliphatic carbocycles. The van der Waals surface area contributed by atoms with Crippen molar-refractivity contribution in [2.45, 2.75) is 39.3 Å². The average Bonchev–Trinajstić information content (AvgIpc) is 2.16. The second-order valence-electron chi connectivity index (χ2n) is 3.44. The van der Waals surface area contributed by atoms with Crippen LogP contribution in [0.5, 0.6) is 0 Å². The second-order valence-corrected chi connectivity index (χ2v) is 3.44. The molecule has 0 fully saturated rings. The van der Waals surface area contributed by atoms with Gasteiger partial charge in [0.25, 0.3) is 0 Å². The van der Waals surface area contributed by atoms with Gasteiger partial charge in [0.05, 0.1) is 12.7 Å². The van der Waals surface area contributed by atoms with Gasteiger partial charge >= 0.3 is 6.09 Å². The number of hydrogen-bond acceptors (Lipinski definition) is 3. The fourth-order valence-corrected chi connectivity index (χ4v) is 1.14. The van der Waals surface area contributed by atoms with E-state index in [1.165, 1.54) is 0 Å². The van der Waals surface area contributed by atoms with Crippen molar-refractivity contribution in [3.05, 3.63) is 0 Å². The van der Waals surface area contributed by atoms with Crippen LogP contribution in [0.1, 0.15) is 27.2 Å². The third kappa shape index (κ3) is 4.46. The number of rotatable bonds is 5. The van der Waals surface area contributed by atoms with Gasteiger partial charge in [0.1, 0.15) is 0 Å². The number of amides is 1. The average molecular weight is 203 g/mol. The van der Waals surface area contributed by atoms with E-state index in [2.05, 4.69) is 0 Å². The highest BCUT2D eigenvalue weighted by molar-refractivity contribution is 5.67. The van der Waals surface area contributed by atoms with Crippen molar-refractivity contribution in [3.8, 4) is 0 Å². The lowest BCUT2D eigenvalue weighted by atomic mass is 10.1. The molecule has 4 heteroatoms. The maximum atomic E-state index is 11.3. The summed E-state index contributed by atoms with van der Waals surface area (Å²) in [7, 11) is 3.41. The van der Waals surface area contributed by atoms with E-state index in [1.807, 2.05) is 13.8 Å². The van der Waals surface area contributed by atoms with Crippen molar-refractivity contribution in [2.75, 3.05) is 20.8 Å². The SMILES string of the molecule is CCOC(=O)N(C)C(C)CC(C)OC. The molecular weight excluding hydrogens is 182 g/mol. The van der Waals surface area contributed by atoms with Gasteiger partial charge in [-0.3, -0.25) is 0 Å². The zero-order chi connectivity index (χ0) is 11.1. The predicted octanol–water partition coefficient (Wildman–Crippen LogP) is 1.89. The van der Waals surface area contributed by atoms with Crippen LogP contribution in [0.2, 0.25) is 0 Å². The molecule has 0 rings (SSSR count). The zero-order valence-electron chi connectivity index (χ0n) is 9.74. The van der Waals surface area contributed by atoms with Gasteiger partial charge in [-0.15, -0.1) is 0 Å². The molecule has 2 atom stereocenters. The first-order valence-electron chi connectivity index (χ1n) is 4.95. The lowest BCUT2D eigenvalue weighted by Crippen LogP contribution is -2.37. The van der Waals surface area contributed by atoms with E-state index in [4.69, 9.17) is 9.47 Å². The minimum atomic E-state index is -0.275. The van der Waals surface area contributed by atoms with Crippen molar-refractivity contribution in [3.63, 3.8) is 0 Å². The van der Waals surface area contributed by atoms with E-state index >= 15 is 0 Å². The van der Waals surface area contributed by atoms with E-state index < -0.39 is 0 Å². The summed E-state index contributed by atoms with van der Waals surface area (Å²) in [5, 5.41) is 0. The molecule has 0 bridgehead atoms. The Kier molecular flexibility index (Phi) is 6.28. The number of hydrogen-bond donors (Lipinski definition) is 0. The first-order chi connectivity index (χ1) is 6.52. The Balaban J connectivity index is 3.97. The molecule has 2 unspecified atom stereocenters. The van der Waals surface area contributed by atoms with E-state index in [9.17, 15) is 4.79 Å². The lowest BCUT2D eigenvalue weighted by Gasteiger charge is -2.25.